The van der Waals surface area contributed by atoms with Gasteiger partial charge in [-0.3, -0.25) is 10.1 Å². The Labute approximate surface area is 122 Å². The molecule has 6 heteroatoms. The fourth-order valence-corrected chi connectivity index (χ4v) is 3.08. The Kier molecular flexibility index (Phi) is 3.48. The number of aliphatic carboxylic acids is 1. The third-order valence-electron chi connectivity index (χ3n) is 4.25. The lowest BCUT2D eigenvalue weighted by Crippen LogP contribution is -2.61. The van der Waals surface area contributed by atoms with Gasteiger partial charge in [-0.05, 0) is 5.56 Å². The zero-order valence-corrected chi connectivity index (χ0v) is 11.5. The van der Waals surface area contributed by atoms with Crippen LogP contribution in [0.1, 0.15) is 22.9 Å². The molecule has 0 saturated heterocycles. The van der Waals surface area contributed by atoms with E-state index >= 15 is 0 Å². The van der Waals surface area contributed by atoms with Gasteiger partial charge in [-0.25, -0.2) is 4.98 Å². The lowest BCUT2D eigenvalue weighted by Gasteiger charge is -2.40. The van der Waals surface area contributed by atoms with Crippen LogP contribution in [0.3, 0.4) is 0 Å². The van der Waals surface area contributed by atoms with E-state index in [0.29, 0.717) is 13.0 Å². The highest BCUT2D eigenvalue weighted by Crippen LogP contribution is 2.34. The molecule has 0 radical (unpaired) electrons. The van der Waals surface area contributed by atoms with Gasteiger partial charge >= 0.3 is 5.97 Å². The normalized spacial score (nSPS) is 22.5. The fraction of sp³-hybridized carbons (Fsp3) is 0.333. The molecule has 0 saturated carbocycles. The molecule has 0 aliphatic carbocycles. The lowest BCUT2D eigenvalue weighted by atomic mass is 9.74. The van der Waals surface area contributed by atoms with Crippen LogP contribution in [0.5, 0.6) is 0 Å². The van der Waals surface area contributed by atoms with Crippen LogP contribution in [0.2, 0.25) is 0 Å². The van der Waals surface area contributed by atoms with E-state index in [9.17, 15) is 9.90 Å². The van der Waals surface area contributed by atoms with E-state index in [1.165, 1.54) is 0 Å². The molecule has 2 aromatic rings. The van der Waals surface area contributed by atoms with Gasteiger partial charge in [0, 0.05) is 25.4 Å². The number of aromatic amines is 1. The predicted molar refractivity (Wildman–Crippen MR) is 77.7 cm³/mol. The summed E-state index contributed by atoms with van der Waals surface area (Å²) < 4.78 is 0. The number of fused-ring (bicyclic) bond motifs is 1. The van der Waals surface area contributed by atoms with Crippen molar-refractivity contribution in [3.8, 4) is 0 Å². The van der Waals surface area contributed by atoms with E-state index in [1.807, 2.05) is 30.3 Å². The standard InChI is InChI=1S/C15H18N4O2/c16-7-11(10-4-2-1-3-5-10)15(14(20)21)6-12-13(8-19-15)18-9-17-12/h1-5,9,11,19H,6-8,16H2,(H,17,18)(H,20,21)/t11?,15-/m1/s1. The number of carbonyl (C=O) groups is 1. The SMILES string of the molecule is NCC(c1ccccc1)[C@@]1(C(=O)O)Cc2nc[nH]c2CN1. The van der Waals surface area contributed by atoms with Crippen LogP contribution in [0.15, 0.2) is 36.7 Å². The summed E-state index contributed by atoms with van der Waals surface area (Å²) >= 11 is 0. The Bertz CT molecular complexity index is 640. The van der Waals surface area contributed by atoms with Crippen molar-refractivity contribution in [1.82, 2.24) is 15.3 Å². The summed E-state index contributed by atoms with van der Waals surface area (Å²) in [5.74, 6) is -1.21. The van der Waals surface area contributed by atoms with E-state index in [-0.39, 0.29) is 12.5 Å². The van der Waals surface area contributed by atoms with Crippen LogP contribution in [0.25, 0.3) is 0 Å². The number of rotatable bonds is 4. The molecular formula is C15H18N4O2. The monoisotopic (exact) mass is 286 g/mol. The molecule has 3 rings (SSSR count). The summed E-state index contributed by atoms with van der Waals surface area (Å²) in [4.78, 5) is 19.3. The molecule has 2 heterocycles. The number of nitrogens with two attached hydrogens (primary N) is 1. The van der Waals surface area contributed by atoms with E-state index in [4.69, 9.17) is 5.73 Å². The molecule has 1 aromatic carbocycles. The number of hydrogen-bond acceptors (Lipinski definition) is 4. The first-order valence-corrected chi connectivity index (χ1v) is 6.92. The Morgan fingerprint density at radius 2 is 2.19 bits per heavy atom. The van der Waals surface area contributed by atoms with Gasteiger partial charge in [-0.15, -0.1) is 0 Å². The van der Waals surface area contributed by atoms with Crippen molar-refractivity contribution in [2.75, 3.05) is 6.54 Å². The number of nitrogens with one attached hydrogen (secondary N) is 2. The first-order valence-electron chi connectivity index (χ1n) is 6.92. The fourth-order valence-electron chi connectivity index (χ4n) is 3.08. The maximum absolute atomic E-state index is 12.0. The molecule has 1 aliphatic heterocycles. The largest absolute Gasteiger partial charge is 0.480 e. The highest BCUT2D eigenvalue weighted by molar-refractivity contribution is 5.81. The number of carboxylic acids is 1. The summed E-state index contributed by atoms with van der Waals surface area (Å²) in [6.45, 7) is 0.702. The minimum absolute atomic E-state index is 0.253. The zero-order valence-electron chi connectivity index (χ0n) is 11.5. The maximum atomic E-state index is 12.0. The van der Waals surface area contributed by atoms with Crippen molar-refractivity contribution in [3.05, 3.63) is 53.6 Å². The van der Waals surface area contributed by atoms with Crippen LogP contribution >= 0.6 is 0 Å². The molecule has 5 N–H and O–H groups in total. The predicted octanol–water partition coefficient (Wildman–Crippen LogP) is 0.621. The van der Waals surface area contributed by atoms with E-state index in [0.717, 1.165) is 17.0 Å². The minimum Gasteiger partial charge on any atom is -0.480 e. The Hall–Kier alpha value is -2.18. The van der Waals surface area contributed by atoms with Crippen molar-refractivity contribution < 1.29 is 9.90 Å². The molecule has 0 fully saturated rings. The topological polar surface area (TPSA) is 104 Å². The lowest BCUT2D eigenvalue weighted by molar-refractivity contribution is -0.146. The van der Waals surface area contributed by atoms with Gasteiger partial charge in [0.1, 0.15) is 5.54 Å². The molecule has 0 spiro atoms. The Morgan fingerprint density at radius 3 is 2.86 bits per heavy atom. The van der Waals surface area contributed by atoms with Gasteiger partial charge in [-0.1, -0.05) is 30.3 Å². The van der Waals surface area contributed by atoms with Crippen molar-refractivity contribution in [3.63, 3.8) is 0 Å². The molecule has 6 nitrogen and oxygen atoms in total. The molecule has 2 atom stereocenters. The van der Waals surface area contributed by atoms with Crippen LogP contribution in [0.4, 0.5) is 0 Å². The number of H-pyrrole nitrogens is 1. The average Bonchev–Trinajstić information content (AvgIpc) is 2.96. The number of hydrogen-bond donors (Lipinski definition) is 4. The molecule has 1 aromatic heterocycles. The third-order valence-corrected chi connectivity index (χ3v) is 4.25. The van der Waals surface area contributed by atoms with Crippen LogP contribution in [0, 0.1) is 0 Å². The average molecular weight is 286 g/mol. The Balaban J connectivity index is 2.04. The van der Waals surface area contributed by atoms with Crippen molar-refractivity contribution >= 4 is 5.97 Å². The number of imidazole rings is 1. The van der Waals surface area contributed by atoms with Crippen molar-refractivity contribution in [2.45, 2.75) is 24.4 Å². The third kappa shape index (κ3) is 2.22. The summed E-state index contributed by atoms with van der Waals surface area (Å²) in [6, 6.07) is 9.55. The molecule has 21 heavy (non-hydrogen) atoms. The second kappa shape index (κ2) is 5.31. The summed E-state index contributed by atoms with van der Waals surface area (Å²) in [5, 5.41) is 13.0. The van der Waals surface area contributed by atoms with Gasteiger partial charge in [0.05, 0.1) is 17.7 Å². The highest BCUT2D eigenvalue weighted by atomic mass is 16.4. The van der Waals surface area contributed by atoms with Gasteiger partial charge in [0.2, 0.25) is 0 Å². The zero-order chi connectivity index (χ0) is 14.9. The second-order valence-electron chi connectivity index (χ2n) is 5.33. The molecular weight excluding hydrogens is 268 g/mol. The molecule has 0 amide bonds. The molecule has 1 unspecified atom stereocenters. The maximum Gasteiger partial charge on any atom is 0.325 e. The van der Waals surface area contributed by atoms with E-state index < -0.39 is 11.5 Å². The molecule has 110 valence electrons. The van der Waals surface area contributed by atoms with Crippen molar-refractivity contribution in [2.24, 2.45) is 5.73 Å². The number of nitrogens with zero attached hydrogens (tertiary/aromatic N) is 1. The summed E-state index contributed by atoms with van der Waals surface area (Å²) in [5.41, 5.74) is 7.46. The van der Waals surface area contributed by atoms with Gasteiger partial charge in [0.25, 0.3) is 0 Å². The number of carboxylic acid groups (broad SMARTS) is 1. The van der Waals surface area contributed by atoms with Crippen LogP contribution in [-0.2, 0) is 17.8 Å². The van der Waals surface area contributed by atoms with Crippen molar-refractivity contribution in [1.29, 1.82) is 0 Å². The van der Waals surface area contributed by atoms with Gasteiger partial charge < -0.3 is 15.8 Å². The number of aromatic nitrogens is 2. The first kappa shape index (κ1) is 13.8. The van der Waals surface area contributed by atoms with Crippen LogP contribution in [-0.4, -0.2) is 33.1 Å². The van der Waals surface area contributed by atoms with Gasteiger partial charge in [-0.2, -0.15) is 0 Å². The minimum atomic E-state index is -1.13. The van der Waals surface area contributed by atoms with Crippen LogP contribution < -0.4 is 11.1 Å². The van der Waals surface area contributed by atoms with Gasteiger partial charge in [0.15, 0.2) is 0 Å². The quantitative estimate of drug-likeness (QED) is 0.659. The molecule has 1 aliphatic rings. The number of benzene rings is 1. The van der Waals surface area contributed by atoms with E-state index in [1.54, 1.807) is 6.33 Å². The van der Waals surface area contributed by atoms with E-state index in [2.05, 4.69) is 15.3 Å². The Morgan fingerprint density at radius 1 is 1.43 bits per heavy atom. The molecule has 0 bridgehead atoms. The second-order valence-corrected chi connectivity index (χ2v) is 5.33. The first-order chi connectivity index (χ1) is 10.2. The smallest absolute Gasteiger partial charge is 0.325 e. The highest BCUT2D eigenvalue weighted by Gasteiger charge is 2.48. The summed E-state index contributed by atoms with van der Waals surface area (Å²) in [7, 11) is 0. The summed E-state index contributed by atoms with van der Waals surface area (Å²) in [6.07, 6.45) is 1.92.